The lowest BCUT2D eigenvalue weighted by atomic mass is 10.1. The summed E-state index contributed by atoms with van der Waals surface area (Å²) in [6.45, 7) is 0.00809. The predicted molar refractivity (Wildman–Crippen MR) is 112 cm³/mol. The van der Waals surface area contributed by atoms with Crippen molar-refractivity contribution in [3.63, 3.8) is 0 Å². The zero-order valence-electron chi connectivity index (χ0n) is 16.1. The maximum atomic E-state index is 13.3. The second-order valence-electron chi connectivity index (χ2n) is 6.91. The molecule has 1 fully saturated rings. The van der Waals surface area contributed by atoms with Gasteiger partial charge in [-0.2, -0.15) is 0 Å². The Labute approximate surface area is 182 Å². The number of hydrogen-bond acceptors (Lipinski definition) is 4. The van der Waals surface area contributed by atoms with Crippen LogP contribution >= 0.6 is 11.6 Å². The number of urea groups is 1. The first kappa shape index (κ1) is 20.6. The topological polar surface area (TPSA) is 82.9 Å². The van der Waals surface area contributed by atoms with Gasteiger partial charge in [-0.3, -0.25) is 9.59 Å². The summed E-state index contributed by atoms with van der Waals surface area (Å²) in [5.41, 5.74) is 0.737. The molecule has 1 atom stereocenters. The van der Waals surface area contributed by atoms with Crippen LogP contribution in [0.25, 0.3) is 0 Å². The first-order chi connectivity index (χ1) is 14.9. The number of anilines is 2. The van der Waals surface area contributed by atoms with Gasteiger partial charge in [0.1, 0.15) is 17.6 Å². The van der Waals surface area contributed by atoms with E-state index in [1.54, 1.807) is 36.4 Å². The number of benzene rings is 2. The Hall–Kier alpha value is -3.65. The van der Waals surface area contributed by atoms with Crippen LogP contribution in [0.15, 0.2) is 71.3 Å². The molecule has 1 aliphatic rings. The highest BCUT2D eigenvalue weighted by Crippen LogP contribution is 2.29. The lowest BCUT2D eigenvalue weighted by Crippen LogP contribution is -2.37. The second kappa shape index (κ2) is 8.61. The Balaban J connectivity index is 1.58. The normalized spacial score (nSPS) is 16.1. The van der Waals surface area contributed by atoms with Crippen molar-refractivity contribution >= 4 is 40.8 Å². The molecule has 0 spiro atoms. The number of carbonyl (C=O) groups excluding carboxylic acids is 3. The maximum Gasteiger partial charge on any atom is 0.332 e. The number of nitrogens with one attached hydrogen (secondary N) is 1. The molecule has 9 heteroatoms. The molecular formula is C22H17ClFN3O4. The van der Waals surface area contributed by atoms with E-state index in [1.807, 2.05) is 0 Å². The van der Waals surface area contributed by atoms with E-state index in [0.717, 1.165) is 17.0 Å². The molecular weight excluding hydrogens is 425 g/mol. The molecule has 31 heavy (non-hydrogen) atoms. The monoisotopic (exact) mass is 441 g/mol. The van der Waals surface area contributed by atoms with Gasteiger partial charge in [0.15, 0.2) is 0 Å². The summed E-state index contributed by atoms with van der Waals surface area (Å²) < 4.78 is 18.6. The van der Waals surface area contributed by atoms with Gasteiger partial charge in [0.25, 0.3) is 5.91 Å². The van der Waals surface area contributed by atoms with Crippen molar-refractivity contribution in [3.8, 4) is 0 Å². The van der Waals surface area contributed by atoms with Gasteiger partial charge >= 0.3 is 6.03 Å². The minimum Gasteiger partial charge on any atom is -0.467 e. The van der Waals surface area contributed by atoms with Gasteiger partial charge in [-0.05, 0) is 60.7 Å². The summed E-state index contributed by atoms with van der Waals surface area (Å²) >= 11 is 5.85. The van der Waals surface area contributed by atoms with Crippen LogP contribution in [-0.2, 0) is 16.1 Å². The van der Waals surface area contributed by atoms with Crippen LogP contribution in [0, 0.1) is 5.82 Å². The standard InChI is InChI=1S/C22H17ClFN3O4/c23-14-3-7-16(8-4-14)25-20(28)12-19-21(29)27(17-9-5-15(24)6-10-17)22(30)26(19)13-18-2-1-11-31-18/h1-11,19H,12-13H2,(H,25,28). The number of imide groups is 1. The van der Waals surface area contributed by atoms with E-state index in [1.165, 1.54) is 23.3 Å². The Kier molecular flexibility index (Phi) is 5.73. The molecule has 4 rings (SSSR count). The summed E-state index contributed by atoms with van der Waals surface area (Å²) in [5.74, 6) is -1.05. The summed E-state index contributed by atoms with van der Waals surface area (Å²) in [6, 6.07) is 13.2. The molecule has 4 amide bonds. The fraction of sp³-hybridized carbons (Fsp3) is 0.136. The van der Waals surface area contributed by atoms with Crippen molar-refractivity contribution in [1.82, 2.24) is 4.90 Å². The Morgan fingerprint density at radius 3 is 2.42 bits per heavy atom. The molecule has 2 heterocycles. The minimum atomic E-state index is -1.05. The third-order valence-electron chi connectivity index (χ3n) is 4.82. The number of furan rings is 1. The van der Waals surface area contributed by atoms with Crippen LogP contribution in [0.2, 0.25) is 5.02 Å². The molecule has 1 aliphatic heterocycles. The lowest BCUT2D eigenvalue weighted by Gasteiger charge is -2.20. The Morgan fingerprint density at radius 1 is 1.06 bits per heavy atom. The van der Waals surface area contributed by atoms with Crippen molar-refractivity contribution in [2.75, 3.05) is 10.2 Å². The third-order valence-corrected chi connectivity index (χ3v) is 5.07. The van der Waals surface area contributed by atoms with E-state index < -0.39 is 29.7 Å². The zero-order chi connectivity index (χ0) is 22.0. The summed E-state index contributed by atoms with van der Waals surface area (Å²) in [4.78, 5) is 41.0. The Bertz CT molecular complexity index is 1100. The highest BCUT2D eigenvalue weighted by Gasteiger charge is 2.47. The van der Waals surface area contributed by atoms with Gasteiger partial charge < -0.3 is 14.6 Å². The molecule has 7 nitrogen and oxygen atoms in total. The van der Waals surface area contributed by atoms with Crippen molar-refractivity contribution in [2.24, 2.45) is 0 Å². The van der Waals surface area contributed by atoms with E-state index in [9.17, 15) is 18.8 Å². The number of carbonyl (C=O) groups is 3. The molecule has 3 aromatic rings. The third kappa shape index (κ3) is 4.44. The van der Waals surface area contributed by atoms with Crippen molar-refractivity contribution in [2.45, 2.75) is 19.0 Å². The molecule has 2 aromatic carbocycles. The number of nitrogens with zero attached hydrogens (tertiary/aromatic N) is 2. The lowest BCUT2D eigenvalue weighted by molar-refractivity contribution is -0.124. The Morgan fingerprint density at radius 2 is 1.77 bits per heavy atom. The van der Waals surface area contributed by atoms with Crippen LogP contribution in [0.5, 0.6) is 0 Å². The van der Waals surface area contributed by atoms with Crippen LogP contribution in [0.1, 0.15) is 12.2 Å². The molecule has 0 saturated carbocycles. The van der Waals surface area contributed by atoms with E-state index in [4.69, 9.17) is 16.0 Å². The molecule has 1 N–H and O–H groups in total. The van der Waals surface area contributed by atoms with Crippen LogP contribution in [0.4, 0.5) is 20.6 Å². The molecule has 158 valence electrons. The summed E-state index contributed by atoms with van der Waals surface area (Å²) in [7, 11) is 0. The molecule has 0 bridgehead atoms. The average molecular weight is 442 g/mol. The van der Waals surface area contributed by atoms with Crippen LogP contribution in [-0.4, -0.2) is 28.8 Å². The van der Waals surface area contributed by atoms with Crippen molar-refractivity contribution < 1.29 is 23.2 Å². The molecule has 1 unspecified atom stereocenters. The fourth-order valence-electron chi connectivity index (χ4n) is 3.33. The second-order valence-corrected chi connectivity index (χ2v) is 7.35. The molecule has 1 aromatic heterocycles. The highest BCUT2D eigenvalue weighted by atomic mass is 35.5. The zero-order valence-corrected chi connectivity index (χ0v) is 16.9. The van der Waals surface area contributed by atoms with Gasteiger partial charge in [0.05, 0.1) is 24.9 Å². The first-order valence-corrected chi connectivity index (χ1v) is 9.78. The summed E-state index contributed by atoms with van der Waals surface area (Å²) in [5, 5.41) is 3.22. The smallest absolute Gasteiger partial charge is 0.332 e. The largest absolute Gasteiger partial charge is 0.467 e. The van der Waals surface area contributed by atoms with Gasteiger partial charge in [0.2, 0.25) is 5.91 Å². The average Bonchev–Trinajstić information content (AvgIpc) is 3.33. The molecule has 1 saturated heterocycles. The van der Waals surface area contributed by atoms with E-state index in [-0.39, 0.29) is 18.7 Å². The van der Waals surface area contributed by atoms with Crippen LogP contribution < -0.4 is 10.2 Å². The van der Waals surface area contributed by atoms with Gasteiger partial charge in [0, 0.05) is 10.7 Å². The first-order valence-electron chi connectivity index (χ1n) is 9.40. The SMILES string of the molecule is O=C(CC1C(=O)N(c2ccc(F)cc2)C(=O)N1Cc1ccco1)Nc1ccc(Cl)cc1. The van der Waals surface area contributed by atoms with Crippen molar-refractivity contribution in [1.29, 1.82) is 0 Å². The predicted octanol–water partition coefficient (Wildman–Crippen LogP) is 4.44. The van der Waals surface area contributed by atoms with Crippen molar-refractivity contribution in [3.05, 3.63) is 83.5 Å². The molecule has 0 aliphatic carbocycles. The summed E-state index contributed by atoms with van der Waals surface area (Å²) in [6.07, 6.45) is 1.20. The fourth-order valence-corrected chi connectivity index (χ4v) is 3.46. The van der Waals surface area contributed by atoms with E-state index in [2.05, 4.69) is 5.32 Å². The van der Waals surface area contributed by atoms with Gasteiger partial charge in [-0.25, -0.2) is 14.1 Å². The van der Waals surface area contributed by atoms with Crippen LogP contribution in [0.3, 0.4) is 0 Å². The number of halogens is 2. The minimum absolute atomic E-state index is 0.00809. The van der Waals surface area contributed by atoms with Gasteiger partial charge in [-0.15, -0.1) is 0 Å². The van der Waals surface area contributed by atoms with E-state index in [0.29, 0.717) is 16.5 Å². The van der Waals surface area contributed by atoms with Gasteiger partial charge in [-0.1, -0.05) is 11.6 Å². The number of hydrogen-bond donors (Lipinski definition) is 1. The number of rotatable bonds is 6. The van der Waals surface area contributed by atoms with E-state index >= 15 is 0 Å². The quantitative estimate of drug-likeness (QED) is 0.573. The highest BCUT2D eigenvalue weighted by molar-refractivity contribution is 6.30. The maximum absolute atomic E-state index is 13.3. The number of amides is 4. The molecule has 0 radical (unpaired) electrons.